The Morgan fingerprint density at radius 2 is 2.17 bits per heavy atom. The topological polar surface area (TPSA) is 61.7 Å². The zero-order valence-electron chi connectivity index (χ0n) is 9.43. The number of rotatable bonds is 1. The van der Waals surface area contributed by atoms with Crippen LogP contribution in [-0.4, -0.2) is 19.3 Å². The summed E-state index contributed by atoms with van der Waals surface area (Å²) in [6, 6.07) is 4.80. The number of fused-ring (bicyclic) bond motifs is 1. The van der Waals surface area contributed by atoms with E-state index in [-0.39, 0.29) is 11.8 Å². The van der Waals surface area contributed by atoms with E-state index >= 15 is 0 Å². The summed E-state index contributed by atoms with van der Waals surface area (Å²) in [5, 5.41) is 4.27. The van der Waals surface area contributed by atoms with Gasteiger partial charge in [0, 0.05) is 25.4 Å². The second kappa shape index (κ2) is 3.81. The molecule has 5 nitrogen and oxygen atoms in total. The third-order valence-electron chi connectivity index (χ3n) is 2.65. The molecule has 0 aliphatic carbocycles. The quantitative estimate of drug-likeness (QED) is 0.750. The van der Waals surface area contributed by atoms with Gasteiger partial charge in [-0.05, 0) is 22.0 Å². The number of anilines is 1. The second-order valence-electron chi connectivity index (χ2n) is 3.91. The predicted molar refractivity (Wildman–Crippen MR) is 69.9 cm³/mol. The first kappa shape index (κ1) is 11.2. The summed E-state index contributed by atoms with van der Waals surface area (Å²) in [5.41, 5.74) is 7.07. The normalized spacial score (nSPS) is 11.3. The Morgan fingerprint density at radius 1 is 1.39 bits per heavy atom. The first-order valence-corrected chi connectivity index (χ1v) is 5.98. The average Bonchev–Trinajstić information content (AvgIpc) is 2.83. The molecule has 0 aliphatic rings. The van der Waals surface area contributed by atoms with Crippen molar-refractivity contribution in [1.82, 2.24) is 19.3 Å². The molecule has 0 amide bonds. The monoisotopic (exact) mass is 309 g/mol. The molecular weight excluding hydrogens is 301 g/mol. The van der Waals surface area contributed by atoms with Gasteiger partial charge in [0.05, 0.1) is 15.5 Å². The van der Waals surface area contributed by atoms with Crippen LogP contribution in [-0.2, 0) is 7.05 Å². The summed E-state index contributed by atoms with van der Waals surface area (Å²) in [7, 11) is 1.81. The van der Waals surface area contributed by atoms with Gasteiger partial charge in [0.25, 0.3) is 0 Å². The van der Waals surface area contributed by atoms with E-state index in [9.17, 15) is 4.39 Å². The van der Waals surface area contributed by atoms with Gasteiger partial charge < -0.3 is 5.73 Å². The van der Waals surface area contributed by atoms with Crippen molar-refractivity contribution in [2.24, 2.45) is 7.05 Å². The van der Waals surface area contributed by atoms with Gasteiger partial charge in [-0.3, -0.25) is 9.25 Å². The molecule has 0 aliphatic heterocycles. The molecule has 0 bridgehead atoms. The molecule has 0 atom stereocenters. The van der Waals surface area contributed by atoms with Gasteiger partial charge in [-0.2, -0.15) is 5.10 Å². The van der Waals surface area contributed by atoms with E-state index < -0.39 is 0 Å². The zero-order chi connectivity index (χ0) is 12.9. The van der Waals surface area contributed by atoms with Gasteiger partial charge in [-0.25, -0.2) is 9.37 Å². The van der Waals surface area contributed by atoms with Crippen LogP contribution in [0.1, 0.15) is 0 Å². The van der Waals surface area contributed by atoms with E-state index in [2.05, 4.69) is 26.0 Å². The molecule has 2 aromatic heterocycles. The highest BCUT2D eigenvalue weighted by Crippen LogP contribution is 2.27. The zero-order valence-corrected chi connectivity index (χ0v) is 11.0. The van der Waals surface area contributed by atoms with E-state index in [0.29, 0.717) is 21.3 Å². The fourth-order valence-corrected chi connectivity index (χ4v) is 2.19. The molecule has 3 rings (SSSR count). The molecule has 0 saturated carbocycles. The molecule has 18 heavy (non-hydrogen) atoms. The van der Waals surface area contributed by atoms with Crippen LogP contribution < -0.4 is 5.73 Å². The number of imidazole rings is 1. The second-order valence-corrected chi connectivity index (χ2v) is 4.76. The van der Waals surface area contributed by atoms with Crippen LogP contribution >= 0.6 is 15.9 Å². The van der Waals surface area contributed by atoms with E-state index in [4.69, 9.17) is 5.73 Å². The van der Waals surface area contributed by atoms with Crippen LogP contribution in [0.3, 0.4) is 0 Å². The summed E-state index contributed by atoms with van der Waals surface area (Å²) in [6.45, 7) is 0. The summed E-state index contributed by atoms with van der Waals surface area (Å²) in [6.07, 6.45) is 1.80. The number of nitrogens with two attached hydrogens (primary N) is 1. The molecule has 0 saturated heterocycles. The molecule has 2 heterocycles. The highest BCUT2D eigenvalue weighted by Gasteiger charge is 2.14. The van der Waals surface area contributed by atoms with Gasteiger partial charge in [0.15, 0.2) is 5.82 Å². The number of halogens is 2. The van der Waals surface area contributed by atoms with E-state index in [1.165, 1.54) is 6.07 Å². The van der Waals surface area contributed by atoms with Crippen LogP contribution in [0, 0.1) is 5.82 Å². The van der Waals surface area contributed by atoms with Gasteiger partial charge in [-0.1, -0.05) is 0 Å². The average molecular weight is 310 g/mol. The first-order chi connectivity index (χ1) is 8.56. The minimum atomic E-state index is -0.367. The van der Waals surface area contributed by atoms with E-state index in [1.807, 2.05) is 13.1 Å². The molecule has 0 fully saturated rings. The van der Waals surface area contributed by atoms with Crippen LogP contribution in [0.15, 0.2) is 28.9 Å². The first-order valence-electron chi connectivity index (χ1n) is 5.19. The molecule has 92 valence electrons. The molecular formula is C11H9BrFN5. The van der Waals surface area contributed by atoms with Crippen molar-refractivity contribution in [3.63, 3.8) is 0 Å². The largest absolute Gasteiger partial charge is 0.369 e. The van der Waals surface area contributed by atoms with Crippen molar-refractivity contribution in [3.8, 4) is 5.82 Å². The standard InChI is InChI=1S/C11H9BrFN5/c1-17-3-2-10(16-17)18-9-4-6(12)7(13)5-8(9)15-11(18)14/h2-5H,1H3,(H2,14,15). The Labute approximate surface area is 110 Å². The van der Waals surface area contributed by atoms with Gasteiger partial charge in [0.2, 0.25) is 5.95 Å². The Morgan fingerprint density at radius 3 is 2.83 bits per heavy atom. The highest BCUT2D eigenvalue weighted by atomic mass is 79.9. The molecule has 1 aromatic carbocycles. The Kier molecular flexibility index (Phi) is 2.37. The summed E-state index contributed by atoms with van der Waals surface area (Å²) < 4.78 is 17.2. The maximum atomic E-state index is 13.4. The lowest BCUT2D eigenvalue weighted by atomic mass is 10.3. The maximum absolute atomic E-state index is 13.4. The Bertz CT molecular complexity index is 745. The molecule has 2 N–H and O–H groups in total. The van der Waals surface area contributed by atoms with Crippen molar-refractivity contribution in [3.05, 3.63) is 34.7 Å². The van der Waals surface area contributed by atoms with Gasteiger partial charge >= 0.3 is 0 Å². The molecule has 3 aromatic rings. The van der Waals surface area contributed by atoms with Crippen LogP contribution in [0.25, 0.3) is 16.9 Å². The van der Waals surface area contributed by atoms with Crippen LogP contribution in [0.4, 0.5) is 10.3 Å². The summed E-state index contributed by atoms with van der Waals surface area (Å²) in [5.74, 6) is 0.561. The smallest absolute Gasteiger partial charge is 0.207 e. The SMILES string of the molecule is Cn1ccc(-n2c(N)nc3cc(F)c(Br)cc32)n1. The maximum Gasteiger partial charge on any atom is 0.207 e. The van der Waals surface area contributed by atoms with Crippen LogP contribution in [0.2, 0.25) is 0 Å². The Hall–Kier alpha value is -1.89. The number of nitrogens with zero attached hydrogens (tertiary/aromatic N) is 4. The predicted octanol–water partition coefficient (Wildman–Crippen LogP) is 2.24. The lowest BCUT2D eigenvalue weighted by Gasteiger charge is -2.02. The third kappa shape index (κ3) is 1.59. The van der Waals surface area contributed by atoms with E-state index in [0.717, 1.165) is 0 Å². The van der Waals surface area contributed by atoms with Crippen LogP contribution in [0.5, 0.6) is 0 Å². The number of aromatic nitrogens is 4. The van der Waals surface area contributed by atoms with Crippen molar-refractivity contribution in [2.45, 2.75) is 0 Å². The van der Waals surface area contributed by atoms with Crippen molar-refractivity contribution in [1.29, 1.82) is 0 Å². The fraction of sp³-hybridized carbons (Fsp3) is 0.0909. The van der Waals surface area contributed by atoms with E-state index in [1.54, 1.807) is 21.5 Å². The number of aryl methyl sites for hydroxylation is 1. The lowest BCUT2D eigenvalue weighted by molar-refractivity contribution is 0.623. The fourth-order valence-electron chi connectivity index (χ4n) is 1.85. The van der Waals surface area contributed by atoms with Gasteiger partial charge in [0.1, 0.15) is 5.82 Å². The lowest BCUT2D eigenvalue weighted by Crippen LogP contribution is -2.02. The van der Waals surface area contributed by atoms with Gasteiger partial charge in [-0.15, -0.1) is 0 Å². The molecule has 0 spiro atoms. The molecule has 0 unspecified atom stereocenters. The number of hydrogen-bond acceptors (Lipinski definition) is 3. The van der Waals surface area contributed by atoms with Crippen molar-refractivity contribution < 1.29 is 4.39 Å². The molecule has 0 radical (unpaired) electrons. The number of nitrogen functional groups attached to an aromatic ring is 1. The molecule has 7 heteroatoms. The number of benzene rings is 1. The highest BCUT2D eigenvalue weighted by molar-refractivity contribution is 9.10. The minimum absolute atomic E-state index is 0.279. The van der Waals surface area contributed by atoms with Crippen molar-refractivity contribution in [2.75, 3.05) is 5.73 Å². The van der Waals surface area contributed by atoms with Crippen molar-refractivity contribution >= 4 is 32.9 Å². The Balaban J connectivity index is 2.35. The summed E-state index contributed by atoms with van der Waals surface area (Å²) in [4.78, 5) is 4.13. The summed E-state index contributed by atoms with van der Waals surface area (Å²) >= 11 is 3.15. The number of hydrogen-bond donors (Lipinski definition) is 1. The third-order valence-corrected chi connectivity index (χ3v) is 3.26. The minimum Gasteiger partial charge on any atom is -0.369 e.